The maximum absolute atomic E-state index is 12.5. The van der Waals surface area contributed by atoms with E-state index in [1.165, 1.54) is 0 Å². The van der Waals surface area contributed by atoms with E-state index >= 15 is 0 Å². The first kappa shape index (κ1) is 18.7. The highest BCUT2D eigenvalue weighted by Gasteiger charge is 2.31. The van der Waals surface area contributed by atoms with E-state index in [0.717, 1.165) is 71.4 Å². The minimum absolute atomic E-state index is 0.134. The number of ether oxygens (including phenoxy) is 1. The summed E-state index contributed by atoms with van der Waals surface area (Å²) in [5.74, 6) is 0.883. The smallest absolute Gasteiger partial charge is 0.223 e. The van der Waals surface area contributed by atoms with E-state index in [1.54, 1.807) is 0 Å². The van der Waals surface area contributed by atoms with Crippen molar-refractivity contribution in [3.05, 3.63) is 0 Å². The van der Waals surface area contributed by atoms with Crippen LogP contribution in [0.1, 0.15) is 52.4 Å². The Balaban J connectivity index is 1.70. The van der Waals surface area contributed by atoms with Crippen molar-refractivity contribution >= 4 is 5.91 Å². The molecule has 0 bridgehead atoms. The zero-order chi connectivity index (χ0) is 16.7. The van der Waals surface area contributed by atoms with Crippen LogP contribution in [0.5, 0.6) is 0 Å². The Morgan fingerprint density at radius 3 is 2.87 bits per heavy atom. The fraction of sp³-hybridized carbons (Fsp3) is 0.944. The van der Waals surface area contributed by atoms with Crippen LogP contribution >= 0.6 is 0 Å². The topological polar surface area (TPSA) is 67.6 Å². The summed E-state index contributed by atoms with van der Waals surface area (Å²) in [6, 6.07) is 0.535. The largest absolute Gasteiger partial charge is 0.382 e. The highest BCUT2D eigenvalue weighted by molar-refractivity contribution is 5.79. The van der Waals surface area contributed by atoms with Gasteiger partial charge in [-0.15, -0.1) is 0 Å². The normalized spacial score (nSPS) is 32.7. The Morgan fingerprint density at radius 1 is 1.35 bits per heavy atom. The highest BCUT2D eigenvalue weighted by Crippen LogP contribution is 2.24. The first-order chi connectivity index (χ1) is 11.1. The van der Waals surface area contributed by atoms with Crippen LogP contribution in [0.25, 0.3) is 0 Å². The molecular formula is C18H35N3O2. The summed E-state index contributed by atoms with van der Waals surface area (Å²) >= 11 is 0. The molecule has 1 saturated carbocycles. The average molecular weight is 325 g/mol. The van der Waals surface area contributed by atoms with Crippen molar-refractivity contribution in [3.63, 3.8) is 0 Å². The quantitative estimate of drug-likeness (QED) is 0.700. The third kappa shape index (κ3) is 6.05. The highest BCUT2D eigenvalue weighted by atomic mass is 16.5. The molecule has 23 heavy (non-hydrogen) atoms. The van der Waals surface area contributed by atoms with Crippen LogP contribution in [0.3, 0.4) is 0 Å². The fourth-order valence-electron chi connectivity index (χ4n) is 3.95. The van der Waals surface area contributed by atoms with Crippen molar-refractivity contribution in [2.45, 2.75) is 64.5 Å². The van der Waals surface area contributed by atoms with Gasteiger partial charge in [0.15, 0.2) is 0 Å². The van der Waals surface area contributed by atoms with Gasteiger partial charge in [0.25, 0.3) is 0 Å². The lowest BCUT2D eigenvalue weighted by atomic mass is 9.84. The van der Waals surface area contributed by atoms with Gasteiger partial charge in [-0.2, -0.15) is 0 Å². The van der Waals surface area contributed by atoms with Crippen LogP contribution in [0.2, 0.25) is 0 Å². The lowest BCUT2D eigenvalue weighted by molar-refractivity contribution is -0.127. The number of rotatable bonds is 7. The molecule has 5 heteroatoms. The third-order valence-electron chi connectivity index (χ3n) is 5.37. The fourth-order valence-corrected chi connectivity index (χ4v) is 3.95. The van der Waals surface area contributed by atoms with Gasteiger partial charge in [-0.1, -0.05) is 13.3 Å². The molecule has 4 unspecified atom stereocenters. The predicted molar refractivity (Wildman–Crippen MR) is 93.2 cm³/mol. The first-order valence-electron chi connectivity index (χ1n) is 9.46. The lowest BCUT2D eigenvalue weighted by Crippen LogP contribution is -2.52. The molecule has 2 rings (SSSR count). The SMILES string of the molecule is CCOCCCN1CCC(NC(=O)C2CCCC(N)C2)C(C)C1. The Labute approximate surface area is 141 Å². The molecule has 1 aliphatic heterocycles. The van der Waals surface area contributed by atoms with Crippen molar-refractivity contribution in [2.75, 3.05) is 32.8 Å². The van der Waals surface area contributed by atoms with Crippen molar-refractivity contribution in [2.24, 2.45) is 17.6 Å². The van der Waals surface area contributed by atoms with Crippen molar-refractivity contribution < 1.29 is 9.53 Å². The number of nitrogens with two attached hydrogens (primary N) is 1. The van der Waals surface area contributed by atoms with Crippen molar-refractivity contribution in [1.29, 1.82) is 0 Å². The number of nitrogens with one attached hydrogen (secondary N) is 1. The van der Waals surface area contributed by atoms with E-state index in [4.69, 9.17) is 10.5 Å². The second kappa shape index (κ2) is 9.60. The number of piperidine rings is 1. The second-order valence-electron chi connectivity index (χ2n) is 7.36. The summed E-state index contributed by atoms with van der Waals surface area (Å²) < 4.78 is 5.41. The molecule has 2 aliphatic rings. The molecule has 1 heterocycles. The predicted octanol–water partition coefficient (Wildman–Crippen LogP) is 1.76. The Bertz CT molecular complexity index is 364. The molecule has 4 atom stereocenters. The summed E-state index contributed by atoms with van der Waals surface area (Å²) in [4.78, 5) is 15.0. The van der Waals surface area contributed by atoms with Gasteiger partial charge in [-0.3, -0.25) is 4.79 Å². The molecule has 1 amide bonds. The number of hydrogen-bond donors (Lipinski definition) is 2. The summed E-state index contributed by atoms with van der Waals surface area (Å²) in [5, 5.41) is 3.31. The van der Waals surface area contributed by atoms with Crippen LogP contribution in [-0.2, 0) is 9.53 Å². The summed E-state index contributed by atoms with van der Waals surface area (Å²) in [6.07, 6.45) is 6.17. The molecule has 2 fully saturated rings. The Kier molecular flexibility index (Phi) is 7.80. The maximum atomic E-state index is 12.5. The average Bonchev–Trinajstić information content (AvgIpc) is 2.54. The van der Waals surface area contributed by atoms with Gasteiger partial charge in [-0.05, 0) is 44.9 Å². The van der Waals surface area contributed by atoms with Gasteiger partial charge in [0.2, 0.25) is 5.91 Å². The molecule has 1 aliphatic carbocycles. The number of hydrogen-bond acceptors (Lipinski definition) is 4. The molecule has 0 aromatic rings. The maximum Gasteiger partial charge on any atom is 0.223 e. The number of carbonyl (C=O) groups is 1. The van der Waals surface area contributed by atoms with E-state index in [1.807, 2.05) is 6.92 Å². The van der Waals surface area contributed by atoms with Crippen LogP contribution in [0, 0.1) is 11.8 Å². The zero-order valence-corrected chi connectivity index (χ0v) is 14.9. The van der Waals surface area contributed by atoms with Gasteiger partial charge >= 0.3 is 0 Å². The van der Waals surface area contributed by atoms with Gasteiger partial charge in [0.1, 0.15) is 0 Å². The Morgan fingerprint density at radius 2 is 2.17 bits per heavy atom. The third-order valence-corrected chi connectivity index (χ3v) is 5.37. The molecule has 0 spiro atoms. The first-order valence-corrected chi connectivity index (χ1v) is 9.46. The number of carbonyl (C=O) groups excluding carboxylic acids is 1. The molecule has 0 radical (unpaired) electrons. The lowest BCUT2D eigenvalue weighted by Gasteiger charge is -2.38. The van der Waals surface area contributed by atoms with Crippen LogP contribution in [0.4, 0.5) is 0 Å². The second-order valence-corrected chi connectivity index (χ2v) is 7.36. The van der Waals surface area contributed by atoms with Crippen LogP contribution < -0.4 is 11.1 Å². The van der Waals surface area contributed by atoms with Crippen LogP contribution in [0.15, 0.2) is 0 Å². The van der Waals surface area contributed by atoms with E-state index in [-0.39, 0.29) is 17.9 Å². The van der Waals surface area contributed by atoms with E-state index in [9.17, 15) is 4.79 Å². The molecular weight excluding hydrogens is 290 g/mol. The minimum Gasteiger partial charge on any atom is -0.382 e. The molecule has 0 aromatic heterocycles. The minimum atomic E-state index is 0.134. The summed E-state index contributed by atoms with van der Waals surface area (Å²) in [6.45, 7) is 9.19. The standard InChI is InChI=1S/C18H35N3O2/c1-3-23-11-5-9-21-10-8-17(14(2)13-21)20-18(22)15-6-4-7-16(19)12-15/h14-17H,3-13,19H2,1-2H3,(H,20,22). The summed E-state index contributed by atoms with van der Waals surface area (Å²) in [5.41, 5.74) is 6.01. The summed E-state index contributed by atoms with van der Waals surface area (Å²) in [7, 11) is 0. The number of amides is 1. The van der Waals surface area contributed by atoms with Crippen LogP contribution in [-0.4, -0.2) is 55.7 Å². The van der Waals surface area contributed by atoms with Gasteiger partial charge < -0.3 is 20.7 Å². The molecule has 0 aromatic carbocycles. The molecule has 3 N–H and O–H groups in total. The van der Waals surface area contributed by atoms with Crippen molar-refractivity contribution in [1.82, 2.24) is 10.2 Å². The van der Waals surface area contributed by atoms with Gasteiger partial charge in [0, 0.05) is 50.8 Å². The van der Waals surface area contributed by atoms with E-state index < -0.39 is 0 Å². The van der Waals surface area contributed by atoms with E-state index in [0.29, 0.717) is 12.0 Å². The number of likely N-dealkylation sites (tertiary alicyclic amines) is 1. The monoisotopic (exact) mass is 325 g/mol. The molecule has 5 nitrogen and oxygen atoms in total. The molecule has 134 valence electrons. The number of nitrogens with zero attached hydrogens (tertiary/aromatic N) is 1. The Hall–Kier alpha value is -0.650. The zero-order valence-electron chi connectivity index (χ0n) is 14.9. The van der Waals surface area contributed by atoms with Crippen molar-refractivity contribution in [3.8, 4) is 0 Å². The van der Waals surface area contributed by atoms with Gasteiger partial charge in [0.05, 0.1) is 0 Å². The van der Waals surface area contributed by atoms with Gasteiger partial charge in [-0.25, -0.2) is 0 Å². The molecule has 1 saturated heterocycles. The van der Waals surface area contributed by atoms with E-state index in [2.05, 4.69) is 17.1 Å².